The second-order valence-corrected chi connectivity index (χ2v) is 7.29. The molecule has 1 aliphatic heterocycles. The average Bonchev–Trinajstić information content (AvgIpc) is 2.72. The van der Waals surface area contributed by atoms with Crippen molar-refractivity contribution in [2.75, 3.05) is 37.6 Å². The highest BCUT2D eigenvalue weighted by molar-refractivity contribution is 5.98. The molecule has 6 nitrogen and oxygen atoms in total. The van der Waals surface area contributed by atoms with E-state index in [0.717, 1.165) is 5.69 Å². The maximum Gasteiger partial charge on any atom is 0.272 e. The van der Waals surface area contributed by atoms with Gasteiger partial charge in [0, 0.05) is 50.2 Å². The quantitative estimate of drug-likeness (QED) is 0.861. The lowest BCUT2D eigenvalue weighted by molar-refractivity contribution is 0.0741. The van der Waals surface area contributed by atoms with Gasteiger partial charge in [-0.2, -0.15) is 0 Å². The number of aromatic nitrogens is 1. The van der Waals surface area contributed by atoms with E-state index in [1.807, 2.05) is 13.8 Å². The third-order valence-electron chi connectivity index (χ3n) is 4.67. The van der Waals surface area contributed by atoms with Crippen LogP contribution in [0.25, 0.3) is 0 Å². The van der Waals surface area contributed by atoms with Gasteiger partial charge in [0.15, 0.2) is 0 Å². The molecule has 0 aliphatic carbocycles. The Kier molecular flexibility index (Phi) is 6.23. The zero-order chi connectivity index (χ0) is 20.1. The highest BCUT2D eigenvalue weighted by Crippen LogP contribution is 2.18. The monoisotopic (exact) mass is 384 g/mol. The summed E-state index contributed by atoms with van der Waals surface area (Å²) in [5, 5.41) is 2.85. The topological polar surface area (TPSA) is 65.5 Å². The largest absolute Gasteiger partial charge is 0.368 e. The molecule has 0 bridgehead atoms. The zero-order valence-electron chi connectivity index (χ0n) is 16.2. The molecule has 3 rings (SSSR count). The molecular weight excluding hydrogens is 359 g/mol. The Morgan fingerprint density at radius 2 is 1.79 bits per heavy atom. The minimum Gasteiger partial charge on any atom is -0.368 e. The van der Waals surface area contributed by atoms with E-state index >= 15 is 0 Å². The molecule has 1 fully saturated rings. The maximum atomic E-state index is 13.1. The molecule has 2 aromatic rings. The summed E-state index contributed by atoms with van der Waals surface area (Å²) in [4.78, 5) is 33.0. The molecule has 1 saturated heterocycles. The molecule has 28 heavy (non-hydrogen) atoms. The lowest BCUT2D eigenvalue weighted by atomic mass is 10.1. The van der Waals surface area contributed by atoms with Crippen LogP contribution >= 0.6 is 0 Å². The van der Waals surface area contributed by atoms with Crippen LogP contribution in [0.5, 0.6) is 0 Å². The molecule has 1 aromatic heterocycles. The molecule has 7 heteroatoms. The molecule has 0 unspecified atom stereocenters. The number of piperazine rings is 1. The van der Waals surface area contributed by atoms with Gasteiger partial charge in [-0.25, -0.2) is 4.39 Å². The van der Waals surface area contributed by atoms with E-state index in [2.05, 4.69) is 15.2 Å². The van der Waals surface area contributed by atoms with Crippen LogP contribution in [0.15, 0.2) is 42.6 Å². The number of pyridine rings is 1. The van der Waals surface area contributed by atoms with Crippen molar-refractivity contribution >= 4 is 17.5 Å². The van der Waals surface area contributed by atoms with E-state index in [0.29, 0.717) is 44.2 Å². The molecule has 1 aliphatic rings. The number of hydrogen-bond donors (Lipinski definition) is 1. The molecule has 2 amide bonds. The van der Waals surface area contributed by atoms with E-state index in [1.165, 1.54) is 18.3 Å². The van der Waals surface area contributed by atoms with Crippen molar-refractivity contribution in [3.05, 3.63) is 59.7 Å². The molecular formula is C21H25FN4O2. The Morgan fingerprint density at radius 1 is 1.11 bits per heavy atom. The van der Waals surface area contributed by atoms with Crippen LogP contribution in [0.2, 0.25) is 0 Å². The molecule has 1 aromatic carbocycles. The zero-order valence-corrected chi connectivity index (χ0v) is 16.2. The molecule has 0 spiro atoms. The van der Waals surface area contributed by atoms with Gasteiger partial charge < -0.3 is 15.1 Å². The number of halogens is 1. The third-order valence-corrected chi connectivity index (χ3v) is 4.67. The second kappa shape index (κ2) is 8.82. The van der Waals surface area contributed by atoms with Gasteiger partial charge in [0.2, 0.25) is 0 Å². The summed E-state index contributed by atoms with van der Waals surface area (Å²) < 4.78 is 13.1. The summed E-state index contributed by atoms with van der Waals surface area (Å²) in [5.74, 6) is -0.297. The number of anilines is 1. The smallest absolute Gasteiger partial charge is 0.272 e. The number of hydrogen-bond acceptors (Lipinski definition) is 4. The van der Waals surface area contributed by atoms with Crippen LogP contribution < -0.4 is 10.2 Å². The molecule has 1 N–H and O–H groups in total. The highest BCUT2D eigenvalue weighted by Gasteiger charge is 2.23. The molecule has 148 valence electrons. The van der Waals surface area contributed by atoms with Gasteiger partial charge in [0.25, 0.3) is 11.8 Å². The van der Waals surface area contributed by atoms with Crippen molar-refractivity contribution in [1.29, 1.82) is 0 Å². The Bertz CT molecular complexity index is 831. The molecule has 0 radical (unpaired) electrons. The van der Waals surface area contributed by atoms with Gasteiger partial charge in [-0.15, -0.1) is 0 Å². The second-order valence-electron chi connectivity index (χ2n) is 7.29. The van der Waals surface area contributed by atoms with Crippen molar-refractivity contribution in [2.45, 2.75) is 13.8 Å². The normalized spacial score (nSPS) is 14.3. The van der Waals surface area contributed by atoms with E-state index in [4.69, 9.17) is 0 Å². The summed E-state index contributed by atoms with van der Waals surface area (Å²) in [6, 6.07) is 9.52. The van der Waals surface area contributed by atoms with Crippen molar-refractivity contribution in [2.24, 2.45) is 5.92 Å². The van der Waals surface area contributed by atoms with Gasteiger partial charge in [-0.1, -0.05) is 13.8 Å². The van der Waals surface area contributed by atoms with E-state index in [9.17, 15) is 14.0 Å². The van der Waals surface area contributed by atoms with Crippen molar-refractivity contribution < 1.29 is 14.0 Å². The SMILES string of the molecule is CC(C)CNC(=O)c1ccnc(C(=O)N2CCN(c3ccc(F)cc3)CC2)c1. The first kappa shape index (κ1) is 19.8. The summed E-state index contributed by atoms with van der Waals surface area (Å²) >= 11 is 0. The summed E-state index contributed by atoms with van der Waals surface area (Å²) in [6.07, 6.45) is 1.49. The van der Waals surface area contributed by atoms with Crippen LogP contribution in [0.1, 0.15) is 34.7 Å². The Morgan fingerprint density at radius 3 is 2.43 bits per heavy atom. The first-order valence-electron chi connectivity index (χ1n) is 9.48. The van der Waals surface area contributed by atoms with Gasteiger partial charge in [-0.05, 0) is 42.3 Å². The minimum absolute atomic E-state index is 0.183. The molecule has 2 heterocycles. The van der Waals surface area contributed by atoms with Gasteiger partial charge in [0.1, 0.15) is 11.5 Å². The number of rotatable bonds is 5. The number of amides is 2. The average molecular weight is 384 g/mol. The number of benzene rings is 1. The summed E-state index contributed by atoms with van der Waals surface area (Å²) in [6.45, 7) is 7.03. The van der Waals surface area contributed by atoms with Crippen molar-refractivity contribution in [3.63, 3.8) is 0 Å². The first-order valence-corrected chi connectivity index (χ1v) is 9.48. The fraction of sp³-hybridized carbons (Fsp3) is 0.381. The number of carbonyl (C=O) groups is 2. The molecule has 0 saturated carbocycles. The summed E-state index contributed by atoms with van der Waals surface area (Å²) in [7, 11) is 0. The van der Waals surface area contributed by atoms with Crippen molar-refractivity contribution in [1.82, 2.24) is 15.2 Å². The van der Waals surface area contributed by atoms with Crippen LogP contribution in [0.3, 0.4) is 0 Å². The minimum atomic E-state index is -0.263. The van der Waals surface area contributed by atoms with E-state index in [-0.39, 0.29) is 23.3 Å². The Balaban J connectivity index is 1.61. The van der Waals surface area contributed by atoms with Gasteiger partial charge in [0.05, 0.1) is 0 Å². The number of carbonyl (C=O) groups excluding carboxylic acids is 2. The van der Waals surface area contributed by atoms with Crippen LogP contribution in [0.4, 0.5) is 10.1 Å². The van der Waals surface area contributed by atoms with E-state index < -0.39 is 0 Å². The third kappa shape index (κ3) is 4.85. The fourth-order valence-electron chi connectivity index (χ4n) is 3.07. The maximum absolute atomic E-state index is 13.1. The van der Waals surface area contributed by atoms with E-state index in [1.54, 1.807) is 29.2 Å². The van der Waals surface area contributed by atoms with Crippen molar-refractivity contribution in [3.8, 4) is 0 Å². The number of nitrogens with zero attached hydrogens (tertiary/aromatic N) is 3. The van der Waals surface area contributed by atoms with Crippen LogP contribution in [-0.4, -0.2) is 54.4 Å². The Hall–Kier alpha value is -2.96. The lowest BCUT2D eigenvalue weighted by Gasteiger charge is -2.36. The van der Waals surface area contributed by atoms with Crippen LogP contribution in [-0.2, 0) is 0 Å². The summed E-state index contributed by atoms with van der Waals surface area (Å²) in [5.41, 5.74) is 1.65. The fourth-order valence-corrected chi connectivity index (χ4v) is 3.07. The predicted molar refractivity (Wildman–Crippen MR) is 106 cm³/mol. The molecule has 0 atom stereocenters. The number of nitrogens with one attached hydrogen (secondary N) is 1. The standard InChI is InChI=1S/C21H25FN4O2/c1-15(2)14-24-20(27)16-7-8-23-19(13-16)21(28)26-11-9-25(10-12-26)18-5-3-17(22)4-6-18/h3-8,13,15H,9-12,14H2,1-2H3,(H,24,27). The first-order chi connectivity index (χ1) is 13.4. The Labute approximate surface area is 164 Å². The van der Waals surface area contributed by atoms with Gasteiger partial charge >= 0.3 is 0 Å². The predicted octanol–water partition coefficient (Wildman–Crippen LogP) is 2.57. The van der Waals surface area contributed by atoms with Gasteiger partial charge in [-0.3, -0.25) is 14.6 Å². The lowest BCUT2D eigenvalue weighted by Crippen LogP contribution is -2.49. The highest BCUT2D eigenvalue weighted by atomic mass is 19.1. The van der Waals surface area contributed by atoms with Crippen LogP contribution in [0, 0.1) is 11.7 Å².